The molecule has 0 bridgehead atoms. The Morgan fingerprint density at radius 3 is 1.91 bits per heavy atom. The Morgan fingerprint density at radius 2 is 1.55 bits per heavy atom. The fourth-order valence-corrected chi connectivity index (χ4v) is 0.900. The van der Waals surface area contributed by atoms with Gasteiger partial charge >= 0.3 is 0 Å². The predicted octanol–water partition coefficient (Wildman–Crippen LogP) is 0.289. The van der Waals surface area contributed by atoms with Crippen molar-refractivity contribution in [2.75, 3.05) is 13.2 Å². The van der Waals surface area contributed by atoms with E-state index in [0.29, 0.717) is 0 Å². The van der Waals surface area contributed by atoms with E-state index in [1.165, 1.54) is 0 Å². The van der Waals surface area contributed by atoms with Gasteiger partial charge in [-0.05, 0) is 0 Å². The third-order valence-corrected chi connectivity index (χ3v) is 1.37. The molecule has 0 aromatic carbocycles. The van der Waals surface area contributed by atoms with Gasteiger partial charge in [-0.15, -0.1) is 0 Å². The summed E-state index contributed by atoms with van der Waals surface area (Å²) >= 11 is 0. The molecule has 0 spiro atoms. The van der Waals surface area contributed by atoms with Gasteiger partial charge in [0, 0.05) is 0 Å². The van der Waals surface area contributed by atoms with Gasteiger partial charge in [-0.2, -0.15) is 0 Å². The molecule has 0 aliphatic carbocycles. The number of ether oxygens (including phenoxy) is 1. The molecule has 0 radical (unpaired) electrons. The van der Waals surface area contributed by atoms with Crippen LogP contribution in [0.3, 0.4) is 0 Å². The highest BCUT2D eigenvalue weighted by Crippen LogP contribution is 2.11. The maximum absolute atomic E-state index is 8.05. The fraction of sp³-hybridized carbons (Fsp3) is 0.667. The summed E-state index contributed by atoms with van der Waals surface area (Å²) in [7, 11) is 0. The first-order chi connectivity index (χ1) is 5.36. The average Bonchev–Trinajstić information content (AvgIpc) is 2.38. The van der Waals surface area contributed by atoms with Crippen molar-refractivity contribution in [1.29, 1.82) is 0 Å². The topological polar surface area (TPSA) is 68.2 Å². The Balaban J connectivity index is 2.19. The zero-order valence-corrected chi connectivity index (χ0v) is 5.84. The highest BCUT2D eigenvalue weighted by atomic mass is 17.1. The van der Waals surface area contributed by atoms with Crippen molar-refractivity contribution in [3.63, 3.8) is 0 Å². The van der Waals surface area contributed by atoms with Crippen molar-refractivity contribution < 1.29 is 25.0 Å². The number of hydrogen-bond acceptors (Lipinski definition) is 5. The van der Waals surface area contributed by atoms with Crippen molar-refractivity contribution in [1.82, 2.24) is 0 Å². The Morgan fingerprint density at radius 1 is 1.09 bits per heavy atom. The van der Waals surface area contributed by atoms with Crippen LogP contribution in [0.25, 0.3) is 0 Å². The second-order valence-electron chi connectivity index (χ2n) is 2.19. The summed E-state index contributed by atoms with van der Waals surface area (Å²) < 4.78 is 5.16. The maximum Gasteiger partial charge on any atom is 0.112 e. The second kappa shape index (κ2) is 4.42. The van der Waals surface area contributed by atoms with Crippen LogP contribution in [-0.2, 0) is 14.5 Å². The van der Waals surface area contributed by atoms with Crippen molar-refractivity contribution in [3.05, 3.63) is 12.2 Å². The molecular formula is C6H10O5. The van der Waals surface area contributed by atoms with Gasteiger partial charge in [0.1, 0.15) is 25.4 Å². The normalized spacial score (nSPS) is 29.6. The summed E-state index contributed by atoms with van der Waals surface area (Å²) in [6.45, 7) is 0.191. The maximum atomic E-state index is 8.05. The molecule has 11 heavy (non-hydrogen) atoms. The van der Waals surface area contributed by atoms with Crippen molar-refractivity contribution in [2.45, 2.75) is 12.2 Å². The predicted molar refractivity (Wildman–Crippen MR) is 35.0 cm³/mol. The lowest BCUT2D eigenvalue weighted by molar-refractivity contribution is -0.271. The third kappa shape index (κ3) is 2.57. The molecule has 5 heteroatoms. The zero-order valence-electron chi connectivity index (χ0n) is 5.84. The van der Waals surface area contributed by atoms with E-state index >= 15 is 0 Å². The van der Waals surface area contributed by atoms with Crippen molar-refractivity contribution in [2.24, 2.45) is 0 Å². The van der Waals surface area contributed by atoms with Gasteiger partial charge in [0.25, 0.3) is 0 Å². The average molecular weight is 162 g/mol. The molecule has 1 heterocycles. The van der Waals surface area contributed by atoms with Crippen LogP contribution in [0, 0.1) is 0 Å². The van der Waals surface area contributed by atoms with Crippen LogP contribution in [0.15, 0.2) is 12.2 Å². The van der Waals surface area contributed by atoms with Crippen LogP contribution in [0.5, 0.6) is 0 Å². The SMILES string of the molecule is OOCC1C=CC(COO)O1. The lowest BCUT2D eigenvalue weighted by Gasteiger charge is -2.10. The molecule has 1 aliphatic heterocycles. The van der Waals surface area contributed by atoms with Gasteiger partial charge in [-0.25, -0.2) is 9.78 Å². The van der Waals surface area contributed by atoms with Crippen molar-refractivity contribution in [3.8, 4) is 0 Å². The Bertz CT molecular complexity index is 121. The molecule has 0 amide bonds. The zero-order chi connectivity index (χ0) is 8.10. The molecule has 64 valence electrons. The van der Waals surface area contributed by atoms with E-state index in [2.05, 4.69) is 9.78 Å². The lowest BCUT2D eigenvalue weighted by atomic mass is 10.3. The first kappa shape index (κ1) is 8.63. The molecule has 2 N–H and O–H groups in total. The van der Waals surface area contributed by atoms with E-state index in [-0.39, 0.29) is 25.4 Å². The molecular weight excluding hydrogens is 152 g/mol. The van der Waals surface area contributed by atoms with E-state index in [1.807, 2.05) is 0 Å². The van der Waals surface area contributed by atoms with E-state index in [4.69, 9.17) is 15.3 Å². The van der Waals surface area contributed by atoms with Crippen LogP contribution in [-0.4, -0.2) is 35.9 Å². The molecule has 2 unspecified atom stereocenters. The van der Waals surface area contributed by atoms with Gasteiger partial charge in [0.2, 0.25) is 0 Å². The van der Waals surface area contributed by atoms with E-state index in [9.17, 15) is 0 Å². The van der Waals surface area contributed by atoms with Crippen molar-refractivity contribution >= 4 is 0 Å². The quantitative estimate of drug-likeness (QED) is 0.353. The summed E-state index contributed by atoms with van der Waals surface area (Å²) in [4.78, 5) is 7.75. The molecule has 0 aromatic heterocycles. The third-order valence-electron chi connectivity index (χ3n) is 1.37. The van der Waals surface area contributed by atoms with E-state index in [0.717, 1.165) is 0 Å². The summed E-state index contributed by atoms with van der Waals surface area (Å²) in [6.07, 6.45) is 2.97. The summed E-state index contributed by atoms with van der Waals surface area (Å²) in [5.41, 5.74) is 0. The fourth-order valence-electron chi connectivity index (χ4n) is 0.900. The van der Waals surface area contributed by atoms with Gasteiger partial charge in [0.15, 0.2) is 0 Å². The molecule has 1 rings (SSSR count). The first-order valence-electron chi connectivity index (χ1n) is 3.23. The van der Waals surface area contributed by atoms with Gasteiger partial charge < -0.3 is 4.74 Å². The van der Waals surface area contributed by atoms with Crippen LogP contribution in [0.2, 0.25) is 0 Å². The largest absolute Gasteiger partial charge is 0.362 e. The Labute approximate surface area is 63.7 Å². The monoisotopic (exact) mass is 162 g/mol. The molecule has 0 fully saturated rings. The van der Waals surface area contributed by atoms with Crippen LogP contribution < -0.4 is 0 Å². The van der Waals surface area contributed by atoms with Crippen LogP contribution in [0.4, 0.5) is 0 Å². The Hall–Kier alpha value is -0.460. The molecule has 0 aromatic rings. The molecule has 2 atom stereocenters. The van der Waals surface area contributed by atoms with Crippen LogP contribution in [0.1, 0.15) is 0 Å². The highest BCUT2D eigenvalue weighted by Gasteiger charge is 2.19. The van der Waals surface area contributed by atoms with Gasteiger partial charge in [0.05, 0.1) is 0 Å². The Kier molecular flexibility index (Phi) is 3.47. The van der Waals surface area contributed by atoms with E-state index in [1.54, 1.807) is 12.2 Å². The molecule has 5 nitrogen and oxygen atoms in total. The minimum Gasteiger partial charge on any atom is -0.362 e. The number of hydrogen-bond donors (Lipinski definition) is 2. The molecule has 0 saturated carbocycles. The van der Waals surface area contributed by atoms with Gasteiger partial charge in [-0.3, -0.25) is 10.5 Å². The summed E-state index contributed by atoms with van der Waals surface area (Å²) in [5, 5.41) is 16.1. The summed E-state index contributed by atoms with van der Waals surface area (Å²) in [5.74, 6) is 0. The minimum absolute atomic E-state index is 0.0957. The minimum atomic E-state index is -0.250. The highest BCUT2D eigenvalue weighted by molar-refractivity contribution is 5.01. The molecule has 1 aliphatic rings. The standard InChI is InChI=1S/C6H10O5/c7-9-3-5-1-2-6(11-5)4-10-8/h1-2,5-8H,3-4H2. The second-order valence-corrected chi connectivity index (χ2v) is 2.19. The molecule has 0 saturated heterocycles. The smallest absolute Gasteiger partial charge is 0.112 e. The first-order valence-corrected chi connectivity index (χ1v) is 3.23. The lowest BCUT2D eigenvalue weighted by Crippen LogP contribution is -2.20. The van der Waals surface area contributed by atoms with Gasteiger partial charge in [-0.1, -0.05) is 12.2 Å². The summed E-state index contributed by atoms with van der Waals surface area (Å²) in [6, 6.07) is 0. The van der Waals surface area contributed by atoms with E-state index < -0.39 is 0 Å². The van der Waals surface area contributed by atoms with Crippen LogP contribution >= 0.6 is 0 Å². The number of rotatable bonds is 4.